The van der Waals surface area contributed by atoms with E-state index in [-0.39, 0.29) is 34.1 Å². The van der Waals surface area contributed by atoms with Gasteiger partial charge in [0.25, 0.3) is 10.0 Å². The first-order chi connectivity index (χ1) is 18.8. The molecule has 11 heteroatoms. The van der Waals surface area contributed by atoms with Crippen LogP contribution < -0.4 is 14.4 Å². The van der Waals surface area contributed by atoms with Gasteiger partial charge in [-0.2, -0.15) is 0 Å². The fourth-order valence-electron chi connectivity index (χ4n) is 3.95. The van der Waals surface area contributed by atoms with Crippen molar-refractivity contribution in [2.75, 3.05) is 18.0 Å². The van der Waals surface area contributed by atoms with E-state index in [1.165, 1.54) is 42.3 Å². The molecule has 3 rings (SSSR count). The van der Waals surface area contributed by atoms with Crippen molar-refractivity contribution in [3.8, 4) is 5.75 Å². The van der Waals surface area contributed by atoms with Crippen LogP contribution in [0.1, 0.15) is 31.9 Å². The molecule has 0 bridgehead atoms. The molecule has 0 saturated carbocycles. The van der Waals surface area contributed by atoms with E-state index in [1.54, 1.807) is 19.1 Å². The SMILES string of the molecule is COc1ccc(N(CC(=O)N(Cc2ccc(Br)cc2)[C@H](C)C(=O)NC(C)C)S(=O)(=O)c2ccc(C)cc2)cc1Cl. The van der Waals surface area contributed by atoms with Crippen molar-refractivity contribution >= 4 is 55.1 Å². The molecule has 0 unspecified atom stereocenters. The number of sulfonamides is 1. The lowest BCUT2D eigenvalue weighted by Crippen LogP contribution is -2.52. The zero-order valence-corrected chi connectivity index (χ0v) is 26.2. The number of anilines is 1. The molecule has 0 aliphatic heterocycles. The van der Waals surface area contributed by atoms with E-state index in [0.717, 1.165) is 19.9 Å². The Morgan fingerprint density at radius 1 is 1.00 bits per heavy atom. The van der Waals surface area contributed by atoms with Crippen LogP contribution in [0.4, 0.5) is 5.69 Å². The number of carbonyl (C=O) groups excluding carboxylic acids is 2. The van der Waals surface area contributed by atoms with Gasteiger partial charge < -0.3 is 15.0 Å². The summed E-state index contributed by atoms with van der Waals surface area (Å²) in [5.74, 6) is -0.543. The number of benzene rings is 3. The molecular formula is C29H33BrClN3O5S. The van der Waals surface area contributed by atoms with Gasteiger partial charge in [0.1, 0.15) is 18.3 Å². The van der Waals surface area contributed by atoms with Crippen molar-refractivity contribution in [1.29, 1.82) is 0 Å². The van der Waals surface area contributed by atoms with Gasteiger partial charge in [0.05, 0.1) is 22.7 Å². The Kier molecular flexibility index (Phi) is 10.6. The maximum absolute atomic E-state index is 13.9. The summed E-state index contributed by atoms with van der Waals surface area (Å²) < 4.78 is 34.9. The topological polar surface area (TPSA) is 96.0 Å². The van der Waals surface area contributed by atoms with E-state index in [0.29, 0.717) is 5.75 Å². The summed E-state index contributed by atoms with van der Waals surface area (Å²) in [6.45, 7) is 6.67. The first-order valence-electron chi connectivity index (χ1n) is 12.6. The number of halogens is 2. The summed E-state index contributed by atoms with van der Waals surface area (Å²) in [6, 6.07) is 17.2. The molecule has 0 radical (unpaired) electrons. The highest BCUT2D eigenvalue weighted by atomic mass is 79.9. The van der Waals surface area contributed by atoms with E-state index >= 15 is 0 Å². The number of aryl methyl sites for hydroxylation is 1. The second-order valence-corrected chi connectivity index (χ2v) is 12.8. The van der Waals surface area contributed by atoms with E-state index in [4.69, 9.17) is 16.3 Å². The molecule has 0 fully saturated rings. The second-order valence-electron chi connectivity index (χ2n) is 9.63. The molecule has 40 heavy (non-hydrogen) atoms. The van der Waals surface area contributed by atoms with Crippen LogP contribution in [0.15, 0.2) is 76.1 Å². The fourth-order valence-corrected chi connectivity index (χ4v) is 5.87. The predicted octanol–water partition coefficient (Wildman–Crippen LogP) is 5.56. The largest absolute Gasteiger partial charge is 0.495 e. The second kappa shape index (κ2) is 13.5. The molecule has 0 saturated heterocycles. The highest BCUT2D eigenvalue weighted by molar-refractivity contribution is 9.10. The van der Waals surface area contributed by atoms with Gasteiger partial charge in [-0.3, -0.25) is 13.9 Å². The van der Waals surface area contributed by atoms with Gasteiger partial charge in [-0.05, 0) is 75.7 Å². The quantitative estimate of drug-likeness (QED) is 0.293. The van der Waals surface area contributed by atoms with Gasteiger partial charge in [-0.1, -0.05) is 57.4 Å². The summed E-state index contributed by atoms with van der Waals surface area (Å²) >= 11 is 9.76. The number of nitrogens with one attached hydrogen (secondary N) is 1. The summed E-state index contributed by atoms with van der Waals surface area (Å²) in [6.07, 6.45) is 0. The maximum atomic E-state index is 13.9. The highest BCUT2D eigenvalue weighted by Gasteiger charge is 2.33. The number of hydrogen-bond donors (Lipinski definition) is 1. The minimum Gasteiger partial charge on any atom is -0.495 e. The van der Waals surface area contributed by atoms with Gasteiger partial charge in [-0.25, -0.2) is 8.42 Å². The van der Waals surface area contributed by atoms with Crippen molar-refractivity contribution in [3.05, 3.63) is 87.4 Å². The van der Waals surface area contributed by atoms with Crippen LogP contribution in [-0.4, -0.2) is 50.9 Å². The normalized spacial score (nSPS) is 12.1. The summed E-state index contributed by atoms with van der Waals surface area (Å²) in [7, 11) is -2.75. The number of carbonyl (C=O) groups is 2. The number of methoxy groups -OCH3 is 1. The molecule has 1 atom stereocenters. The first kappa shape index (κ1) is 31.4. The smallest absolute Gasteiger partial charge is 0.264 e. The van der Waals surface area contributed by atoms with Crippen molar-refractivity contribution < 1.29 is 22.7 Å². The average Bonchev–Trinajstić information content (AvgIpc) is 2.90. The molecule has 0 aromatic heterocycles. The van der Waals surface area contributed by atoms with Crippen molar-refractivity contribution in [2.45, 2.75) is 51.2 Å². The minimum absolute atomic E-state index is 0.0166. The van der Waals surface area contributed by atoms with Crippen LogP contribution in [-0.2, 0) is 26.2 Å². The number of rotatable bonds is 11. The Balaban J connectivity index is 2.06. The molecule has 0 aliphatic rings. The van der Waals surface area contributed by atoms with E-state index in [1.807, 2.05) is 45.0 Å². The number of hydrogen-bond acceptors (Lipinski definition) is 5. The van der Waals surface area contributed by atoms with Crippen LogP contribution in [0, 0.1) is 6.92 Å². The van der Waals surface area contributed by atoms with Gasteiger partial charge >= 0.3 is 0 Å². The number of ether oxygens (including phenoxy) is 1. The van der Waals surface area contributed by atoms with Crippen LogP contribution in [0.3, 0.4) is 0 Å². The average molecular weight is 651 g/mol. The molecule has 0 aliphatic carbocycles. The monoisotopic (exact) mass is 649 g/mol. The minimum atomic E-state index is -4.20. The molecule has 0 heterocycles. The van der Waals surface area contributed by atoms with Crippen molar-refractivity contribution in [3.63, 3.8) is 0 Å². The van der Waals surface area contributed by atoms with Crippen molar-refractivity contribution in [1.82, 2.24) is 10.2 Å². The summed E-state index contributed by atoms with van der Waals surface area (Å²) in [5, 5.41) is 3.02. The Bertz CT molecular complexity index is 1450. The van der Waals surface area contributed by atoms with Crippen molar-refractivity contribution in [2.24, 2.45) is 0 Å². The Morgan fingerprint density at radius 3 is 2.17 bits per heavy atom. The fraction of sp³-hybridized carbons (Fsp3) is 0.310. The van der Waals surface area contributed by atoms with E-state index < -0.39 is 28.5 Å². The van der Waals surface area contributed by atoms with Gasteiger partial charge in [0.2, 0.25) is 11.8 Å². The standard InChI is InChI=1S/C29H33BrClN3O5S/c1-19(2)32-29(36)21(4)33(17-22-8-10-23(30)11-9-22)28(35)18-34(24-12-15-27(39-5)26(31)16-24)40(37,38)25-13-6-20(3)7-14-25/h6-16,19,21H,17-18H2,1-5H3,(H,32,36)/t21-/m1/s1. The first-order valence-corrected chi connectivity index (χ1v) is 15.2. The third-order valence-electron chi connectivity index (χ3n) is 6.18. The zero-order chi connectivity index (χ0) is 29.6. The van der Waals surface area contributed by atoms with Gasteiger partial charge in [0.15, 0.2) is 0 Å². The molecule has 0 spiro atoms. The lowest BCUT2D eigenvalue weighted by Gasteiger charge is -2.32. The Hall–Kier alpha value is -3.08. The molecule has 3 aromatic rings. The third kappa shape index (κ3) is 7.77. The van der Waals surface area contributed by atoms with E-state index in [2.05, 4.69) is 21.2 Å². The van der Waals surface area contributed by atoms with Gasteiger partial charge in [0, 0.05) is 17.1 Å². The molecular weight excluding hydrogens is 618 g/mol. The summed E-state index contributed by atoms with van der Waals surface area (Å²) in [4.78, 5) is 28.3. The lowest BCUT2D eigenvalue weighted by atomic mass is 10.1. The zero-order valence-electron chi connectivity index (χ0n) is 23.0. The predicted molar refractivity (Wildman–Crippen MR) is 161 cm³/mol. The molecule has 214 valence electrons. The lowest BCUT2D eigenvalue weighted by molar-refractivity contribution is -0.139. The van der Waals surface area contributed by atoms with Gasteiger partial charge in [-0.15, -0.1) is 0 Å². The summed E-state index contributed by atoms with van der Waals surface area (Å²) in [5.41, 5.74) is 1.85. The molecule has 8 nitrogen and oxygen atoms in total. The molecule has 1 N–H and O–H groups in total. The molecule has 3 aromatic carbocycles. The third-order valence-corrected chi connectivity index (χ3v) is 8.79. The Morgan fingerprint density at radius 2 is 1.62 bits per heavy atom. The number of amides is 2. The van der Waals surface area contributed by atoms with Crippen LogP contribution >= 0.6 is 27.5 Å². The maximum Gasteiger partial charge on any atom is 0.264 e. The highest BCUT2D eigenvalue weighted by Crippen LogP contribution is 2.32. The number of nitrogens with zero attached hydrogens (tertiary/aromatic N) is 2. The van der Waals surface area contributed by atoms with E-state index in [9.17, 15) is 18.0 Å². The van der Waals surface area contributed by atoms with Crippen LogP contribution in [0.25, 0.3) is 0 Å². The van der Waals surface area contributed by atoms with Crippen LogP contribution in [0.5, 0.6) is 5.75 Å². The molecule has 2 amide bonds. The van der Waals surface area contributed by atoms with Crippen LogP contribution in [0.2, 0.25) is 5.02 Å². The Labute approximate surface area is 249 Å².